The maximum absolute atomic E-state index is 12.6. The van der Waals surface area contributed by atoms with Crippen LogP contribution in [0.1, 0.15) is 26.2 Å². The van der Waals surface area contributed by atoms with Gasteiger partial charge in [-0.1, -0.05) is 19.8 Å². The van der Waals surface area contributed by atoms with E-state index in [-0.39, 0.29) is 6.42 Å². The molecule has 0 saturated carbocycles. The predicted octanol–water partition coefficient (Wildman–Crippen LogP) is 4.50. The lowest BCUT2D eigenvalue weighted by atomic mass is 10.3. The van der Waals surface area contributed by atoms with Gasteiger partial charge in [-0.15, -0.1) is 0 Å². The predicted molar refractivity (Wildman–Crippen MR) is 45.7 cm³/mol. The third-order valence-corrected chi connectivity index (χ3v) is 1.78. The third kappa shape index (κ3) is 4.43. The molecule has 0 spiro atoms. The second kappa shape index (κ2) is 6.11. The molecule has 17 heavy (non-hydrogen) atoms. The summed E-state index contributed by atoms with van der Waals surface area (Å²) < 4.78 is 88.4. The zero-order valence-corrected chi connectivity index (χ0v) is 8.88. The van der Waals surface area contributed by atoms with Crippen molar-refractivity contribution in [2.75, 3.05) is 6.61 Å². The monoisotopic (exact) mass is 268 g/mol. The second-order valence-corrected chi connectivity index (χ2v) is 3.22. The van der Waals surface area contributed by atoms with Crippen molar-refractivity contribution in [1.29, 1.82) is 0 Å². The van der Waals surface area contributed by atoms with Crippen molar-refractivity contribution in [3.63, 3.8) is 0 Å². The first-order valence-corrected chi connectivity index (χ1v) is 4.77. The van der Waals surface area contributed by atoms with Crippen molar-refractivity contribution in [2.45, 2.75) is 38.3 Å². The standard InChI is InChI=1S/C9H11F7O/c1-2-3-4-5-17-7(11)6(10)8(12,13)9(14,15)16/h2-5H2,1H3. The summed E-state index contributed by atoms with van der Waals surface area (Å²) in [5, 5.41) is 0. The van der Waals surface area contributed by atoms with Crippen LogP contribution in [0.4, 0.5) is 30.7 Å². The van der Waals surface area contributed by atoms with Gasteiger partial charge >= 0.3 is 18.1 Å². The lowest BCUT2D eigenvalue weighted by Crippen LogP contribution is -2.37. The molecule has 0 heterocycles. The molecule has 0 amide bonds. The lowest BCUT2D eigenvalue weighted by Gasteiger charge is -2.17. The zero-order valence-electron chi connectivity index (χ0n) is 8.88. The van der Waals surface area contributed by atoms with Crippen LogP contribution in [-0.2, 0) is 4.74 Å². The Morgan fingerprint density at radius 1 is 1.00 bits per heavy atom. The highest BCUT2D eigenvalue weighted by molar-refractivity contribution is 5.08. The largest absolute Gasteiger partial charge is 0.469 e. The molecule has 0 aromatic heterocycles. The molecule has 102 valence electrons. The Morgan fingerprint density at radius 3 is 1.94 bits per heavy atom. The molecular weight excluding hydrogens is 257 g/mol. The lowest BCUT2D eigenvalue weighted by molar-refractivity contribution is -0.272. The average molecular weight is 268 g/mol. The van der Waals surface area contributed by atoms with Crippen LogP contribution < -0.4 is 0 Å². The Labute approximate surface area is 93.2 Å². The molecule has 0 aromatic carbocycles. The molecule has 0 saturated heterocycles. The number of hydrogen-bond acceptors (Lipinski definition) is 1. The molecule has 0 atom stereocenters. The molecule has 0 rings (SSSR count). The first kappa shape index (κ1) is 16.1. The molecule has 0 unspecified atom stereocenters. The Kier molecular flexibility index (Phi) is 5.77. The minimum absolute atomic E-state index is 0.231. The van der Waals surface area contributed by atoms with Gasteiger partial charge in [0.15, 0.2) is 0 Å². The molecule has 0 aliphatic rings. The van der Waals surface area contributed by atoms with Crippen molar-refractivity contribution in [3.8, 4) is 0 Å². The summed E-state index contributed by atoms with van der Waals surface area (Å²) in [7, 11) is 0. The van der Waals surface area contributed by atoms with Gasteiger partial charge in [-0.25, -0.2) is 0 Å². The fourth-order valence-electron chi connectivity index (χ4n) is 0.825. The van der Waals surface area contributed by atoms with Gasteiger partial charge in [-0.3, -0.25) is 0 Å². The van der Waals surface area contributed by atoms with Crippen LogP contribution in [0.5, 0.6) is 0 Å². The van der Waals surface area contributed by atoms with E-state index in [0.717, 1.165) is 0 Å². The van der Waals surface area contributed by atoms with E-state index >= 15 is 0 Å². The summed E-state index contributed by atoms with van der Waals surface area (Å²) in [5.74, 6) is -9.12. The highest BCUT2D eigenvalue weighted by Gasteiger charge is 2.63. The van der Waals surface area contributed by atoms with E-state index in [1.165, 1.54) is 0 Å². The van der Waals surface area contributed by atoms with Gasteiger partial charge in [-0.05, 0) is 6.42 Å². The summed E-state index contributed by atoms with van der Waals surface area (Å²) in [5.41, 5.74) is 0. The molecule has 0 bridgehead atoms. The smallest absolute Gasteiger partial charge is 0.460 e. The quantitative estimate of drug-likeness (QED) is 0.391. The molecule has 0 fully saturated rings. The number of rotatable bonds is 6. The third-order valence-electron chi connectivity index (χ3n) is 1.78. The second-order valence-electron chi connectivity index (χ2n) is 3.22. The SMILES string of the molecule is CCCCCOC(F)=C(F)C(F)(F)C(F)(F)F. The van der Waals surface area contributed by atoms with Crippen LogP contribution in [0.25, 0.3) is 0 Å². The van der Waals surface area contributed by atoms with Gasteiger partial charge in [0, 0.05) is 0 Å². The van der Waals surface area contributed by atoms with E-state index in [0.29, 0.717) is 12.8 Å². The van der Waals surface area contributed by atoms with Gasteiger partial charge in [0.2, 0.25) is 0 Å². The number of unbranched alkanes of at least 4 members (excludes halogenated alkanes) is 2. The highest BCUT2D eigenvalue weighted by atomic mass is 19.4. The van der Waals surface area contributed by atoms with Crippen LogP contribution in [0.15, 0.2) is 11.8 Å². The van der Waals surface area contributed by atoms with Gasteiger partial charge in [0.25, 0.3) is 5.83 Å². The number of halogens is 7. The summed E-state index contributed by atoms with van der Waals surface area (Å²) in [6.45, 7) is 1.33. The minimum atomic E-state index is -6.19. The molecular formula is C9H11F7O. The maximum Gasteiger partial charge on any atom is 0.460 e. The van der Waals surface area contributed by atoms with Crippen LogP contribution >= 0.6 is 0 Å². The molecule has 8 heteroatoms. The van der Waals surface area contributed by atoms with Crippen molar-refractivity contribution in [1.82, 2.24) is 0 Å². The van der Waals surface area contributed by atoms with Crippen molar-refractivity contribution < 1.29 is 35.5 Å². The maximum atomic E-state index is 12.6. The number of hydrogen-bond donors (Lipinski definition) is 0. The van der Waals surface area contributed by atoms with E-state index in [2.05, 4.69) is 4.74 Å². The fourth-order valence-corrected chi connectivity index (χ4v) is 0.825. The van der Waals surface area contributed by atoms with E-state index in [1.807, 2.05) is 0 Å². The number of alkyl halides is 5. The Balaban J connectivity index is 4.58. The molecule has 0 N–H and O–H groups in total. The van der Waals surface area contributed by atoms with Gasteiger partial charge in [0.05, 0.1) is 6.61 Å². The molecule has 0 aliphatic heterocycles. The minimum Gasteiger partial charge on any atom is -0.469 e. The Morgan fingerprint density at radius 2 is 1.53 bits per heavy atom. The number of allylic oxidation sites excluding steroid dienone is 1. The first-order chi connectivity index (χ1) is 7.64. The number of ether oxygens (including phenoxy) is 1. The van der Waals surface area contributed by atoms with Crippen LogP contribution in [0.3, 0.4) is 0 Å². The molecule has 1 nitrogen and oxygen atoms in total. The van der Waals surface area contributed by atoms with Gasteiger partial charge in [-0.2, -0.15) is 30.7 Å². The van der Waals surface area contributed by atoms with Crippen molar-refractivity contribution >= 4 is 0 Å². The van der Waals surface area contributed by atoms with Crippen LogP contribution in [-0.4, -0.2) is 18.7 Å². The first-order valence-electron chi connectivity index (χ1n) is 4.77. The normalized spacial score (nSPS) is 14.6. The van der Waals surface area contributed by atoms with Gasteiger partial charge in [0.1, 0.15) is 0 Å². The van der Waals surface area contributed by atoms with Crippen molar-refractivity contribution in [3.05, 3.63) is 11.8 Å². The molecule has 0 radical (unpaired) electrons. The Hall–Kier alpha value is -0.950. The zero-order chi connectivity index (χ0) is 13.7. The summed E-state index contributed by atoms with van der Waals surface area (Å²) in [6.07, 6.45) is -4.70. The molecule has 0 aliphatic carbocycles. The summed E-state index contributed by atoms with van der Waals surface area (Å²) in [6, 6.07) is -2.52. The van der Waals surface area contributed by atoms with Crippen molar-refractivity contribution in [2.24, 2.45) is 0 Å². The van der Waals surface area contributed by atoms with Gasteiger partial charge < -0.3 is 4.74 Å². The average Bonchev–Trinajstić information content (AvgIpc) is 2.21. The highest BCUT2D eigenvalue weighted by Crippen LogP contribution is 2.43. The topological polar surface area (TPSA) is 9.23 Å². The van der Waals surface area contributed by atoms with Crippen LogP contribution in [0.2, 0.25) is 0 Å². The molecule has 0 aromatic rings. The van der Waals surface area contributed by atoms with E-state index in [1.54, 1.807) is 6.92 Å². The van der Waals surface area contributed by atoms with E-state index in [9.17, 15) is 30.7 Å². The van der Waals surface area contributed by atoms with E-state index in [4.69, 9.17) is 0 Å². The fraction of sp³-hybridized carbons (Fsp3) is 0.778. The van der Waals surface area contributed by atoms with E-state index < -0.39 is 30.5 Å². The summed E-state index contributed by atoms with van der Waals surface area (Å²) >= 11 is 0. The summed E-state index contributed by atoms with van der Waals surface area (Å²) in [4.78, 5) is 0. The van der Waals surface area contributed by atoms with Crippen LogP contribution in [0, 0.1) is 0 Å². The Bertz CT molecular complexity index is 269.